The Labute approximate surface area is 165 Å². The number of rotatable bonds is 5. The Balaban J connectivity index is 1.68. The van der Waals surface area contributed by atoms with Crippen LogP contribution in [0.25, 0.3) is 15.3 Å². The van der Waals surface area contributed by atoms with Gasteiger partial charge in [0.25, 0.3) is 5.91 Å². The fourth-order valence-electron chi connectivity index (χ4n) is 2.80. The summed E-state index contributed by atoms with van der Waals surface area (Å²) in [5.74, 6) is 1.70. The molecule has 2 aromatic heterocycles. The van der Waals surface area contributed by atoms with Crippen LogP contribution in [-0.2, 0) is 0 Å². The number of methoxy groups -OCH3 is 2. The Kier molecular flexibility index (Phi) is 4.70. The molecule has 1 amide bonds. The minimum Gasteiger partial charge on any atom is -0.497 e. The Morgan fingerprint density at radius 1 is 1.07 bits per heavy atom. The maximum absolute atomic E-state index is 12.7. The predicted octanol–water partition coefficient (Wildman–Crippen LogP) is 4.06. The Hall–Kier alpha value is -3.39. The molecule has 0 aliphatic carbocycles. The van der Waals surface area contributed by atoms with Crippen LogP contribution in [0.4, 0.5) is 5.82 Å². The standard InChI is InChI=1S/C20H18N4O3S/c1-12-9-18(22-19(25)13-5-4-6-14(10-13)26-2)24(23-12)20-21-16-8-7-15(27-3)11-17(16)28-20/h4-11H,1-3H3,(H,22,25). The highest BCUT2D eigenvalue weighted by Crippen LogP contribution is 2.30. The van der Waals surface area contributed by atoms with E-state index in [2.05, 4.69) is 15.4 Å². The van der Waals surface area contributed by atoms with Crippen molar-refractivity contribution in [3.63, 3.8) is 0 Å². The summed E-state index contributed by atoms with van der Waals surface area (Å²) in [4.78, 5) is 17.3. The fourth-order valence-corrected chi connectivity index (χ4v) is 3.76. The van der Waals surface area contributed by atoms with Crippen LogP contribution in [0.2, 0.25) is 0 Å². The van der Waals surface area contributed by atoms with E-state index >= 15 is 0 Å². The second kappa shape index (κ2) is 7.32. The normalized spacial score (nSPS) is 10.8. The van der Waals surface area contributed by atoms with E-state index in [1.54, 1.807) is 43.2 Å². The minimum atomic E-state index is -0.247. The molecule has 0 saturated heterocycles. The number of nitrogens with one attached hydrogen (secondary N) is 1. The largest absolute Gasteiger partial charge is 0.497 e. The number of nitrogens with zero attached hydrogens (tertiary/aromatic N) is 3. The first-order valence-electron chi connectivity index (χ1n) is 8.54. The second-order valence-corrected chi connectivity index (χ2v) is 7.11. The number of fused-ring (bicyclic) bond motifs is 1. The van der Waals surface area contributed by atoms with Crippen molar-refractivity contribution < 1.29 is 14.3 Å². The van der Waals surface area contributed by atoms with Gasteiger partial charge in [-0.25, -0.2) is 4.98 Å². The lowest BCUT2D eigenvalue weighted by atomic mass is 10.2. The summed E-state index contributed by atoms with van der Waals surface area (Å²) in [7, 11) is 3.20. The number of benzene rings is 2. The first-order valence-corrected chi connectivity index (χ1v) is 9.36. The van der Waals surface area contributed by atoms with E-state index in [1.165, 1.54) is 11.3 Å². The summed E-state index contributed by atoms with van der Waals surface area (Å²) in [6.07, 6.45) is 0. The van der Waals surface area contributed by atoms with Crippen molar-refractivity contribution in [2.45, 2.75) is 6.92 Å². The van der Waals surface area contributed by atoms with E-state index in [9.17, 15) is 4.79 Å². The van der Waals surface area contributed by atoms with Gasteiger partial charge in [0.15, 0.2) is 0 Å². The van der Waals surface area contributed by atoms with Gasteiger partial charge < -0.3 is 14.8 Å². The van der Waals surface area contributed by atoms with Gasteiger partial charge in [0, 0.05) is 11.6 Å². The van der Waals surface area contributed by atoms with Gasteiger partial charge in [-0.15, -0.1) is 0 Å². The van der Waals surface area contributed by atoms with Gasteiger partial charge in [-0.3, -0.25) is 4.79 Å². The second-order valence-electron chi connectivity index (χ2n) is 6.10. The molecule has 4 rings (SSSR count). The molecule has 0 aliphatic rings. The number of thiazole rings is 1. The smallest absolute Gasteiger partial charge is 0.256 e. The number of aromatic nitrogens is 3. The van der Waals surface area contributed by atoms with E-state index in [0.717, 1.165) is 21.7 Å². The molecule has 0 spiro atoms. The molecule has 0 atom stereocenters. The van der Waals surface area contributed by atoms with E-state index in [-0.39, 0.29) is 5.91 Å². The average molecular weight is 394 g/mol. The van der Waals surface area contributed by atoms with Gasteiger partial charge >= 0.3 is 0 Å². The zero-order valence-electron chi connectivity index (χ0n) is 15.6. The van der Waals surface area contributed by atoms with Gasteiger partial charge in [-0.1, -0.05) is 17.4 Å². The van der Waals surface area contributed by atoms with Gasteiger partial charge in [0.05, 0.1) is 30.1 Å². The van der Waals surface area contributed by atoms with Crippen molar-refractivity contribution in [2.24, 2.45) is 0 Å². The SMILES string of the molecule is COc1cccc(C(=O)Nc2cc(C)nn2-c2nc3ccc(OC)cc3s2)c1. The van der Waals surface area contributed by atoms with Gasteiger partial charge in [0.1, 0.15) is 17.3 Å². The summed E-state index contributed by atoms with van der Waals surface area (Å²) < 4.78 is 13.1. The number of anilines is 1. The quantitative estimate of drug-likeness (QED) is 0.552. The number of aryl methyl sites for hydroxylation is 1. The highest BCUT2D eigenvalue weighted by atomic mass is 32.1. The topological polar surface area (TPSA) is 78.3 Å². The monoisotopic (exact) mass is 394 g/mol. The van der Waals surface area contributed by atoms with Crippen LogP contribution in [0.1, 0.15) is 16.1 Å². The Morgan fingerprint density at radius 2 is 1.86 bits per heavy atom. The molecule has 28 heavy (non-hydrogen) atoms. The molecule has 0 aliphatic heterocycles. The molecular weight excluding hydrogens is 376 g/mol. The highest BCUT2D eigenvalue weighted by Gasteiger charge is 2.16. The lowest BCUT2D eigenvalue weighted by molar-refractivity contribution is 0.102. The summed E-state index contributed by atoms with van der Waals surface area (Å²) >= 11 is 1.47. The molecule has 4 aromatic rings. The van der Waals surface area contributed by atoms with Gasteiger partial charge in [0.2, 0.25) is 5.13 Å². The Bertz CT molecular complexity index is 1170. The first-order chi connectivity index (χ1) is 13.6. The van der Waals surface area contributed by atoms with Crippen LogP contribution >= 0.6 is 11.3 Å². The van der Waals surface area contributed by atoms with Crippen molar-refractivity contribution in [3.05, 3.63) is 59.8 Å². The van der Waals surface area contributed by atoms with Crippen molar-refractivity contribution in [2.75, 3.05) is 19.5 Å². The third kappa shape index (κ3) is 3.41. The Morgan fingerprint density at radius 3 is 2.64 bits per heavy atom. The zero-order valence-corrected chi connectivity index (χ0v) is 16.4. The van der Waals surface area contributed by atoms with Crippen molar-refractivity contribution in [3.8, 4) is 16.6 Å². The molecule has 0 bridgehead atoms. The molecule has 0 saturated carbocycles. The maximum atomic E-state index is 12.7. The lowest BCUT2D eigenvalue weighted by Gasteiger charge is -2.07. The number of carbonyl (C=O) groups is 1. The molecule has 0 unspecified atom stereocenters. The number of hydrogen-bond acceptors (Lipinski definition) is 6. The first kappa shape index (κ1) is 18.0. The number of carbonyl (C=O) groups excluding carboxylic acids is 1. The van der Waals surface area contributed by atoms with E-state index in [0.29, 0.717) is 22.3 Å². The summed E-state index contributed by atoms with van der Waals surface area (Å²) in [5.41, 5.74) is 2.12. The van der Waals surface area contributed by atoms with Gasteiger partial charge in [-0.05, 0) is 43.3 Å². The number of ether oxygens (including phenoxy) is 2. The van der Waals surface area contributed by atoms with E-state index in [1.807, 2.05) is 31.2 Å². The molecular formula is C20H18N4O3S. The van der Waals surface area contributed by atoms with Crippen LogP contribution in [0, 0.1) is 6.92 Å². The molecule has 0 radical (unpaired) electrons. The van der Waals surface area contributed by atoms with Crippen LogP contribution in [-0.4, -0.2) is 34.9 Å². The zero-order chi connectivity index (χ0) is 19.7. The summed E-state index contributed by atoms with van der Waals surface area (Å²) in [6, 6.07) is 14.5. The molecule has 0 fully saturated rings. The molecule has 2 heterocycles. The van der Waals surface area contributed by atoms with E-state index < -0.39 is 0 Å². The summed E-state index contributed by atoms with van der Waals surface area (Å²) in [6.45, 7) is 1.87. The number of hydrogen-bond donors (Lipinski definition) is 1. The van der Waals surface area contributed by atoms with E-state index in [4.69, 9.17) is 9.47 Å². The predicted molar refractivity (Wildman–Crippen MR) is 109 cm³/mol. The van der Waals surface area contributed by atoms with Crippen molar-refractivity contribution >= 4 is 33.3 Å². The molecule has 1 N–H and O–H groups in total. The third-order valence-electron chi connectivity index (χ3n) is 4.17. The van der Waals surface area contributed by atoms with Crippen molar-refractivity contribution in [1.29, 1.82) is 0 Å². The van der Waals surface area contributed by atoms with Crippen LogP contribution < -0.4 is 14.8 Å². The highest BCUT2D eigenvalue weighted by molar-refractivity contribution is 7.20. The number of amides is 1. The van der Waals surface area contributed by atoms with Crippen LogP contribution in [0.3, 0.4) is 0 Å². The minimum absolute atomic E-state index is 0.247. The molecule has 2 aromatic carbocycles. The summed E-state index contributed by atoms with van der Waals surface area (Å²) in [5, 5.41) is 8.07. The average Bonchev–Trinajstić information content (AvgIpc) is 3.30. The van der Waals surface area contributed by atoms with Crippen LogP contribution in [0.15, 0.2) is 48.5 Å². The molecule has 8 heteroatoms. The fraction of sp³-hybridized carbons (Fsp3) is 0.150. The van der Waals surface area contributed by atoms with Crippen molar-refractivity contribution in [1.82, 2.24) is 14.8 Å². The van der Waals surface area contributed by atoms with Crippen LogP contribution in [0.5, 0.6) is 11.5 Å². The molecule has 142 valence electrons. The van der Waals surface area contributed by atoms with Gasteiger partial charge in [-0.2, -0.15) is 9.78 Å². The maximum Gasteiger partial charge on any atom is 0.256 e. The molecule has 7 nitrogen and oxygen atoms in total. The lowest BCUT2D eigenvalue weighted by Crippen LogP contribution is -2.15. The third-order valence-corrected chi connectivity index (χ3v) is 5.16.